The molecule has 2 amide bonds. The van der Waals surface area contributed by atoms with Crippen LogP contribution in [-0.4, -0.2) is 26.6 Å². The number of rotatable bonds is 5. The van der Waals surface area contributed by atoms with Crippen molar-refractivity contribution in [2.75, 3.05) is 5.32 Å². The summed E-state index contributed by atoms with van der Waals surface area (Å²) in [6.07, 6.45) is 7.82. The molecule has 0 bridgehead atoms. The van der Waals surface area contributed by atoms with Crippen LogP contribution in [0.3, 0.4) is 0 Å². The minimum Gasteiger partial charge on any atom is -0.365 e. The molecular formula is C22H25N5O2S. The topological polar surface area (TPSA) is 103 Å². The number of carbonyl (C=O) groups is 2. The Morgan fingerprint density at radius 3 is 2.73 bits per heavy atom. The van der Waals surface area contributed by atoms with Crippen molar-refractivity contribution in [3.63, 3.8) is 0 Å². The number of amides is 2. The summed E-state index contributed by atoms with van der Waals surface area (Å²) in [5.41, 5.74) is 9.41. The van der Waals surface area contributed by atoms with Crippen molar-refractivity contribution < 1.29 is 9.59 Å². The molecule has 5 rings (SSSR count). The smallest absolute Gasteiger partial charge is 0.257 e. The minimum absolute atomic E-state index is 0.144. The Kier molecular flexibility index (Phi) is 4.61. The van der Waals surface area contributed by atoms with E-state index in [1.54, 1.807) is 6.20 Å². The van der Waals surface area contributed by atoms with Crippen molar-refractivity contribution in [1.29, 1.82) is 0 Å². The van der Waals surface area contributed by atoms with Gasteiger partial charge in [0.15, 0.2) is 5.65 Å². The Morgan fingerprint density at radius 2 is 2.03 bits per heavy atom. The van der Waals surface area contributed by atoms with Crippen molar-refractivity contribution in [3.05, 3.63) is 39.5 Å². The molecule has 0 radical (unpaired) electrons. The van der Waals surface area contributed by atoms with E-state index in [4.69, 9.17) is 10.7 Å². The number of thiophene rings is 1. The zero-order valence-electron chi connectivity index (χ0n) is 17.2. The van der Waals surface area contributed by atoms with Crippen LogP contribution >= 0.6 is 11.3 Å². The number of nitrogens with zero attached hydrogens (tertiary/aromatic N) is 3. The summed E-state index contributed by atoms with van der Waals surface area (Å²) < 4.78 is 1.86. The van der Waals surface area contributed by atoms with E-state index in [1.807, 2.05) is 24.6 Å². The van der Waals surface area contributed by atoms with Crippen LogP contribution in [0.1, 0.15) is 88.3 Å². The van der Waals surface area contributed by atoms with Crippen molar-refractivity contribution in [2.24, 2.45) is 5.73 Å². The van der Waals surface area contributed by atoms with Crippen molar-refractivity contribution >= 4 is 39.2 Å². The summed E-state index contributed by atoms with van der Waals surface area (Å²) >= 11 is 1.48. The van der Waals surface area contributed by atoms with Crippen LogP contribution in [0.2, 0.25) is 0 Å². The van der Waals surface area contributed by atoms with Gasteiger partial charge in [-0.25, -0.2) is 9.67 Å². The van der Waals surface area contributed by atoms with Crippen LogP contribution in [0.5, 0.6) is 0 Å². The lowest BCUT2D eigenvalue weighted by Crippen LogP contribution is -2.19. The van der Waals surface area contributed by atoms with Crippen LogP contribution in [-0.2, 0) is 12.8 Å². The normalized spacial score (nSPS) is 16.1. The Labute approximate surface area is 178 Å². The maximum atomic E-state index is 13.4. The minimum atomic E-state index is -0.476. The number of hydrogen-bond acceptors (Lipinski definition) is 5. The highest BCUT2D eigenvalue weighted by Crippen LogP contribution is 2.41. The first-order chi connectivity index (χ1) is 14.4. The Hall–Kier alpha value is -2.74. The average molecular weight is 424 g/mol. The van der Waals surface area contributed by atoms with E-state index in [0.29, 0.717) is 22.0 Å². The molecule has 2 aliphatic rings. The summed E-state index contributed by atoms with van der Waals surface area (Å²) in [7, 11) is 0. The molecule has 3 aromatic heterocycles. The maximum absolute atomic E-state index is 13.4. The van der Waals surface area contributed by atoms with Gasteiger partial charge in [0.2, 0.25) is 0 Å². The molecule has 7 nitrogen and oxygen atoms in total. The van der Waals surface area contributed by atoms with E-state index in [1.165, 1.54) is 11.3 Å². The predicted octanol–water partition coefficient (Wildman–Crippen LogP) is 4.18. The van der Waals surface area contributed by atoms with Gasteiger partial charge < -0.3 is 11.1 Å². The summed E-state index contributed by atoms with van der Waals surface area (Å²) in [5, 5.41) is 8.76. The van der Waals surface area contributed by atoms with Gasteiger partial charge in [0.05, 0.1) is 22.7 Å². The van der Waals surface area contributed by atoms with Gasteiger partial charge in [-0.3, -0.25) is 9.59 Å². The number of nitrogens with two attached hydrogens (primary N) is 1. The molecule has 3 heterocycles. The highest BCUT2D eigenvalue weighted by atomic mass is 32.1. The van der Waals surface area contributed by atoms with E-state index in [0.717, 1.165) is 65.7 Å². The van der Waals surface area contributed by atoms with Gasteiger partial charge in [0, 0.05) is 22.5 Å². The molecular weight excluding hydrogens is 398 g/mol. The molecule has 3 aromatic rings. The standard InChI is InChI=1S/C22H25N5O2S/c1-11(2)27-20-15(10-24-27)14(9-16(25-20)12-7-8-12)21(29)26-22-18(19(23)28)13-5-3-4-6-17(13)30-22/h9-12H,3-8H2,1-2H3,(H2,23,28)(H,26,29). The van der Waals surface area contributed by atoms with Crippen molar-refractivity contribution in [1.82, 2.24) is 14.8 Å². The monoisotopic (exact) mass is 423 g/mol. The number of carbonyl (C=O) groups excluding carboxylic acids is 2. The van der Waals surface area contributed by atoms with Gasteiger partial charge in [-0.1, -0.05) is 0 Å². The number of hydrogen-bond donors (Lipinski definition) is 2. The fourth-order valence-electron chi connectivity index (χ4n) is 4.28. The molecule has 1 fully saturated rings. The van der Waals surface area contributed by atoms with Gasteiger partial charge in [0.25, 0.3) is 11.8 Å². The molecule has 0 aliphatic heterocycles. The summed E-state index contributed by atoms with van der Waals surface area (Å²) in [6.45, 7) is 4.10. The largest absolute Gasteiger partial charge is 0.365 e. The van der Waals surface area contributed by atoms with E-state index < -0.39 is 5.91 Å². The van der Waals surface area contributed by atoms with E-state index in [-0.39, 0.29) is 11.9 Å². The zero-order chi connectivity index (χ0) is 21.0. The summed E-state index contributed by atoms with van der Waals surface area (Å²) in [4.78, 5) is 31.5. The number of pyridine rings is 1. The maximum Gasteiger partial charge on any atom is 0.257 e. The molecule has 0 saturated heterocycles. The summed E-state index contributed by atoms with van der Waals surface area (Å²) in [6, 6.07) is 2.03. The summed E-state index contributed by atoms with van der Waals surface area (Å²) in [5.74, 6) is -0.309. The molecule has 0 aromatic carbocycles. The first-order valence-electron chi connectivity index (χ1n) is 10.6. The van der Waals surface area contributed by atoms with Crippen LogP contribution < -0.4 is 11.1 Å². The van der Waals surface area contributed by atoms with Crippen LogP contribution in [0.25, 0.3) is 11.0 Å². The van der Waals surface area contributed by atoms with E-state index in [2.05, 4.69) is 10.4 Å². The average Bonchev–Trinajstić information content (AvgIpc) is 3.36. The van der Waals surface area contributed by atoms with Gasteiger partial charge in [-0.05, 0) is 64.0 Å². The van der Waals surface area contributed by atoms with E-state index in [9.17, 15) is 9.59 Å². The molecule has 156 valence electrons. The number of anilines is 1. The van der Waals surface area contributed by atoms with Crippen LogP contribution in [0, 0.1) is 0 Å². The second-order valence-electron chi connectivity index (χ2n) is 8.52. The number of aromatic nitrogens is 3. The third-order valence-electron chi connectivity index (χ3n) is 5.96. The molecule has 0 atom stereocenters. The lowest BCUT2D eigenvalue weighted by molar-refractivity contribution is 0.100. The Morgan fingerprint density at radius 1 is 1.27 bits per heavy atom. The fraction of sp³-hybridized carbons (Fsp3) is 0.455. The Balaban J connectivity index is 1.57. The highest BCUT2D eigenvalue weighted by molar-refractivity contribution is 7.17. The van der Waals surface area contributed by atoms with Crippen LogP contribution in [0.4, 0.5) is 5.00 Å². The van der Waals surface area contributed by atoms with Gasteiger partial charge in [-0.15, -0.1) is 11.3 Å². The molecule has 2 aliphatic carbocycles. The second-order valence-corrected chi connectivity index (χ2v) is 9.63. The van der Waals surface area contributed by atoms with Gasteiger partial charge in [-0.2, -0.15) is 5.10 Å². The first kappa shape index (κ1) is 19.2. The fourth-order valence-corrected chi connectivity index (χ4v) is 5.57. The SMILES string of the molecule is CC(C)n1ncc2c(C(=O)Nc3sc4c(c3C(N)=O)CCCC4)cc(C3CC3)nc21. The Bertz CT molecular complexity index is 1170. The number of primary amides is 1. The molecule has 1 saturated carbocycles. The van der Waals surface area contributed by atoms with Crippen LogP contribution in [0.15, 0.2) is 12.3 Å². The number of nitrogens with one attached hydrogen (secondary N) is 1. The number of aryl methyl sites for hydroxylation is 1. The number of fused-ring (bicyclic) bond motifs is 2. The van der Waals surface area contributed by atoms with Crippen molar-refractivity contribution in [2.45, 2.75) is 64.3 Å². The molecule has 0 spiro atoms. The van der Waals surface area contributed by atoms with E-state index >= 15 is 0 Å². The molecule has 0 unspecified atom stereocenters. The third-order valence-corrected chi connectivity index (χ3v) is 7.17. The van der Waals surface area contributed by atoms with Gasteiger partial charge >= 0.3 is 0 Å². The highest BCUT2D eigenvalue weighted by Gasteiger charge is 2.29. The molecule has 3 N–H and O–H groups in total. The van der Waals surface area contributed by atoms with Gasteiger partial charge in [0.1, 0.15) is 5.00 Å². The molecule has 30 heavy (non-hydrogen) atoms. The quantitative estimate of drug-likeness (QED) is 0.642. The second kappa shape index (κ2) is 7.19. The zero-order valence-corrected chi connectivity index (χ0v) is 18.0. The predicted molar refractivity (Wildman–Crippen MR) is 117 cm³/mol. The lowest BCUT2D eigenvalue weighted by Gasteiger charge is -2.11. The third kappa shape index (κ3) is 3.19. The molecule has 8 heteroatoms. The van der Waals surface area contributed by atoms with Crippen molar-refractivity contribution in [3.8, 4) is 0 Å². The first-order valence-corrected chi connectivity index (χ1v) is 11.4. The lowest BCUT2D eigenvalue weighted by atomic mass is 9.95.